The van der Waals surface area contributed by atoms with Crippen LogP contribution in [0.25, 0.3) is 0 Å². The summed E-state index contributed by atoms with van der Waals surface area (Å²) in [6.07, 6.45) is 0.0978. The Labute approximate surface area is 103 Å². The maximum Gasteiger partial charge on any atom is 0.255 e. The highest BCUT2D eigenvalue weighted by molar-refractivity contribution is 6.40. The normalized spacial score (nSPS) is 15.6. The third-order valence-electron chi connectivity index (χ3n) is 2.27. The van der Waals surface area contributed by atoms with Crippen LogP contribution >= 0.6 is 23.2 Å². The van der Waals surface area contributed by atoms with Crippen LogP contribution < -0.4 is 10.7 Å². The molecule has 0 atom stereocenters. The van der Waals surface area contributed by atoms with E-state index in [1.54, 1.807) is 12.1 Å². The van der Waals surface area contributed by atoms with Gasteiger partial charge in [0.05, 0.1) is 16.5 Å². The zero-order valence-corrected chi connectivity index (χ0v) is 10.0. The van der Waals surface area contributed by atoms with Crippen molar-refractivity contribution < 1.29 is 4.79 Å². The van der Waals surface area contributed by atoms with Gasteiger partial charge in [-0.15, -0.1) is 0 Å². The number of aryl methyl sites for hydroxylation is 1. The molecular weight excluding hydrogens is 249 g/mol. The molecule has 0 saturated heterocycles. The summed E-state index contributed by atoms with van der Waals surface area (Å²) in [6.45, 7) is 1.83. The number of amidine groups is 1. The van der Waals surface area contributed by atoms with Crippen molar-refractivity contribution in [3.63, 3.8) is 0 Å². The lowest BCUT2D eigenvalue weighted by Crippen LogP contribution is -2.20. The van der Waals surface area contributed by atoms with Gasteiger partial charge in [0.15, 0.2) is 0 Å². The number of carbonyl (C=O) groups excluding carboxylic acids is 1. The molecule has 84 valence electrons. The number of rotatable bonds is 1. The highest BCUT2D eigenvalue weighted by atomic mass is 35.5. The summed E-state index contributed by atoms with van der Waals surface area (Å²) in [5.74, 6) is 0.0329. The molecule has 0 bridgehead atoms. The molecule has 0 radical (unpaired) electrons. The Balaban J connectivity index is 2.56. The lowest BCUT2D eigenvalue weighted by molar-refractivity contribution is -0.116. The molecule has 1 aromatic rings. The van der Waals surface area contributed by atoms with E-state index in [0.29, 0.717) is 15.7 Å². The van der Waals surface area contributed by atoms with Gasteiger partial charge in [-0.05, 0) is 18.6 Å². The van der Waals surface area contributed by atoms with Crippen LogP contribution in [0.4, 0.5) is 5.69 Å². The molecule has 1 aliphatic rings. The number of amides is 1. The van der Waals surface area contributed by atoms with Crippen LogP contribution in [0.1, 0.15) is 12.0 Å². The number of anilines is 1. The Morgan fingerprint density at radius 3 is 2.69 bits per heavy atom. The number of hydrogen-bond donors (Lipinski definition) is 1. The molecule has 1 aromatic carbocycles. The van der Waals surface area contributed by atoms with E-state index in [4.69, 9.17) is 28.9 Å². The molecule has 1 aliphatic heterocycles. The SMILES string of the molecule is Cc1ccc(Cl)c(N2N=C(N)CC2=O)c1Cl. The zero-order valence-electron chi connectivity index (χ0n) is 8.50. The number of nitrogens with two attached hydrogens (primary N) is 1. The molecule has 0 saturated carbocycles. The van der Waals surface area contributed by atoms with Gasteiger partial charge < -0.3 is 5.73 Å². The van der Waals surface area contributed by atoms with E-state index in [9.17, 15) is 4.79 Å². The predicted octanol–water partition coefficient (Wildman–Crippen LogP) is 2.31. The Morgan fingerprint density at radius 2 is 2.12 bits per heavy atom. The molecule has 4 nitrogen and oxygen atoms in total. The van der Waals surface area contributed by atoms with Gasteiger partial charge in [-0.25, -0.2) is 0 Å². The van der Waals surface area contributed by atoms with Gasteiger partial charge in [-0.2, -0.15) is 10.1 Å². The van der Waals surface area contributed by atoms with Crippen molar-refractivity contribution in [2.24, 2.45) is 10.8 Å². The largest absolute Gasteiger partial charge is 0.385 e. The highest BCUT2D eigenvalue weighted by Crippen LogP contribution is 2.37. The topological polar surface area (TPSA) is 58.7 Å². The molecule has 16 heavy (non-hydrogen) atoms. The molecule has 0 aromatic heterocycles. The first-order chi connectivity index (χ1) is 7.50. The van der Waals surface area contributed by atoms with Crippen LogP contribution in [0.3, 0.4) is 0 Å². The summed E-state index contributed by atoms with van der Waals surface area (Å²) in [4.78, 5) is 11.6. The van der Waals surface area contributed by atoms with E-state index < -0.39 is 0 Å². The minimum absolute atomic E-state index is 0.0978. The van der Waals surface area contributed by atoms with Gasteiger partial charge in [-0.3, -0.25) is 4.79 Å². The maximum absolute atomic E-state index is 11.6. The molecule has 6 heteroatoms. The van der Waals surface area contributed by atoms with Crippen molar-refractivity contribution >= 4 is 40.6 Å². The minimum Gasteiger partial charge on any atom is -0.385 e. The molecule has 0 aliphatic carbocycles. The van der Waals surface area contributed by atoms with Crippen molar-refractivity contribution in [2.45, 2.75) is 13.3 Å². The van der Waals surface area contributed by atoms with Gasteiger partial charge in [0.2, 0.25) is 0 Å². The second-order valence-electron chi connectivity index (χ2n) is 3.50. The third kappa shape index (κ3) is 1.74. The van der Waals surface area contributed by atoms with E-state index in [2.05, 4.69) is 5.10 Å². The van der Waals surface area contributed by atoms with Gasteiger partial charge in [-0.1, -0.05) is 29.3 Å². The van der Waals surface area contributed by atoms with Crippen molar-refractivity contribution in [3.05, 3.63) is 27.7 Å². The van der Waals surface area contributed by atoms with Gasteiger partial charge in [0.1, 0.15) is 11.5 Å². The standard InChI is InChI=1S/C10H9Cl2N3O/c1-5-2-3-6(11)10(9(5)12)15-8(16)4-7(13)14-15/h2-3H,4H2,1H3,(H2,13,14). The van der Waals surface area contributed by atoms with Gasteiger partial charge >= 0.3 is 0 Å². The molecular formula is C10H9Cl2N3O. The monoisotopic (exact) mass is 257 g/mol. The summed E-state index contributed by atoms with van der Waals surface area (Å²) in [5.41, 5.74) is 6.72. The number of benzene rings is 1. The zero-order chi connectivity index (χ0) is 11.9. The lowest BCUT2D eigenvalue weighted by Gasteiger charge is -2.16. The highest BCUT2D eigenvalue weighted by Gasteiger charge is 2.27. The number of carbonyl (C=O) groups is 1. The second-order valence-corrected chi connectivity index (χ2v) is 4.29. The van der Waals surface area contributed by atoms with Crippen molar-refractivity contribution in [3.8, 4) is 0 Å². The summed E-state index contributed by atoms with van der Waals surface area (Å²) in [5, 5.41) is 5.86. The van der Waals surface area contributed by atoms with Crippen LogP contribution in [0.5, 0.6) is 0 Å². The molecule has 2 N–H and O–H groups in total. The number of halogens is 2. The summed E-state index contributed by atoms with van der Waals surface area (Å²) < 4.78 is 0. The number of nitrogens with zero attached hydrogens (tertiary/aromatic N) is 2. The summed E-state index contributed by atoms with van der Waals surface area (Å²) in [6, 6.07) is 3.46. The molecule has 2 rings (SSSR count). The van der Waals surface area contributed by atoms with E-state index in [0.717, 1.165) is 10.6 Å². The molecule has 1 heterocycles. The quantitative estimate of drug-likeness (QED) is 0.840. The summed E-state index contributed by atoms with van der Waals surface area (Å²) in [7, 11) is 0. The predicted molar refractivity (Wildman–Crippen MR) is 64.9 cm³/mol. The Morgan fingerprint density at radius 1 is 1.44 bits per heavy atom. The fraction of sp³-hybridized carbons (Fsp3) is 0.200. The van der Waals surface area contributed by atoms with E-state index in [1.807, 2.05) is 6.92 Å². The van der Waals surface area contributed by atoms with Gasteiger partial charge in [0.25, 0.3) is 5.91 Å². The Bertz CT molecular complexity index is 499. The summed E-state index contributed by atoms with van der Waals surface area (Å²) >= 11 is 12.1. The molecule has 1 amide bonds. The van der Waals surface area contributed by atoms with E-state index in [1.165, 1.54) is 0 Å². The smallest absolute Gasteiger partial charge is 0.255 e. The fourth-order valence-corrected chi connectivity index (χ4v) is 1.99. The van der Waals surface area contributed by atoms with Crippen LogP contribution in [0, 0.1) is 6.92 Å². The van der Waals surface area contributed by atoms with Crippen LogP contribution in [0.2, 0.25) is 10.0 Å². The fourth-order valence-electron chi connectivity index (χ4n) is 1.46. The van der Waals surface area contributed by atoms with Crippen LogP contribution in [-0.4, -0.2) is 11.7 Å². The van der Waals surface area contributed by atoms with Gasteiger partial charge in [0, 0.05) is 0 Å². The van der Waals surface area contributed by atoms with Crippen LogP contribution in [-0.2, 0) is 4.79 Å². The number of hydrogen-bond acceptors (Lipinski definition) is 3. The Kier molecular flexibility index (Phi) is 2.78. The van der Waals surface area contributed by atoms with E-state index in [-0.39, 0.29) is 18.2 Å². The van der Waals surface area contributed by atoms with Crippen LogP contribution in [0.15, 0.2) is 17.2 Å². The molecule has 0 spiro atoms. The van der Waals surface area contributed by atoms with Crippen molar-refractivity contribution in [1.29, 1.82) is 0 Å². The first-order valence-electron chi connectivity index (χ1n) is 4.61. The van der Waals surface area contributed by atoms with Crippen molar-refractivity contribution in [2.75, 3.05) is 5.01 Å². The first kappa shape index (κ1) is 11.2. The lowest BCUT2D eigenvalue weighted by atomic mass is 10.2. The average molecular weight is 258 g/mol. The van der Waals surface area contributed by atoms with Crippen molar-refractivity contribution in [1.82, 2.24) is 0 Å². The Hall–Kier alpha value is -1.26. The average Bonchev–Trinajstić information content (AvgIpc) is 2.53. The minimum atomic E-state index is -0.230. The molecule has 0 fully saturated rings. The maximum atomic E-state index is 11.6. The van der Waals surface area contributed by atoms with E-state index >= 15 is 0 Å². The second kappa shape index (κ2) is 3.96. The third-order valence-corrected chi connectivity index (χ3v) is 3.05. The molecule has 0 unspecified atom stereocenters. The first-order valence-corrected chi connectivity index (χ1v) is 5.37. The number of hydrazone groups is 1.